The van der Waals surface area contributed by atoms with Crippen molar-refractivity contribution in [2.24, 2.45) is 0 Å². The molecule has 0 aliphatic carbocycles. The normalized spacial score (nSPS) is 11.6. The molecule has 0 aliphatic rings. The molecule has 1 aromatic heterocycles. The molecule has 3 N–H and O–H groups in total. The van der Waals surface area contributed by atoms with E-state index in [9.17, 15) is 9.59 Å². The second kappa shape index (κ2) is 6.54. The molecular formula is C10H15N5O2. The molecule has 0 saturated carbocycles. The van der Waals surface area contributed by atoms with E-state index in [2.05, 4.69) is 26.1 Å². The number of hydrogen-bond donors (Lipinski definition) is 3. The van der Waals surface area contributed by atoms with Crippen molar-refractivity contribution in [1.29, 1.82) is 0 Å². The van der Waals surface area contributed by atoms with Crippen LogP contribution < -0.4 is 16.0 Å². The van der Waals surface area contributed by atoms with Crippen LogP contribution in [0, 0.1) is 0 Å². The van der Waals surface area contributed by atoms with Crippen LogP contribution in [0.5, 0.6) is 0 Å². The van der Waals surface area contributed by atoms with Gasteiger partial charge in [-0.25, -0.2) is 4.79 Å². The summed E-state index contributed by atoms with van der Waals surface area (Å²) < 4.78 is 0. The third-order valence-electron chi connectivity index (χ3n) is 2.07. The fraction of sp³-hybridized carbons (Fsp3) is 0.400. The number of urea groups is 1. The molecule has 3 amide bonds. The van der Waals surface area contributed by atoms with Crippen molar-refractivity contribution >= 4 is 11.9 Å². The highest BCUT2D eigenvalue weighted by Crippen LogP contribution is 1.91. The van der Waals surface area contributed by atoms with Gasteiger partial charge in [-0.15, -0.1) is 0 Å². The standard InChI is InChI=1S/C10H15N5O2/c1-7(9(16)14-10(17)11-2)12-6-8-4-3-5-13-15-8/h3-5,7,12H,6H2,1-2H3,(H2,11,14,16,17). The zero-order chi connectivity index (χ0) is 12.7. The zero-order valence-electron chi connectivity index (χ0n) is 9.73. The van der Waals surface area contributed by atoms with Crippen LogP contribution in [-0.2, 0) is 11.3 Å². The Morgan fingerprint density at radius 3 is 2.82 bits per heavy atom. The fourth-order valence-corrected chi connectivity index (χ4v) is 1.06. The number of nitrogens with zero attached hydrogens (tertiary/aromatic N) is 2. The minimum atomic E-state index is -0.525. The summed E-state index contributed by atoms with van der Waals surface area (Å²) in [5, 5.41) is 15.0. The van der Waals surface area contributed by atoms with E-state index in [1.807, 2.05) is 0 Å². The van der Waals surface area contributed by atoms with Crippen LogP contribution in [0.25, 0.3) is 0 Å². The summed E-state index contributed by atoms with van der Waals surface area (Å²) in [5.74, 6) is -0.395. The maximum Gasteiger partial charge on any atom is 0.321 e. The largest absolute Gasteiger partial charge is 0.341 e. The molecule has 1 aromatic rings. The zero-order valence-corrected chi connectivity index (χ0v) is 9.73. The molecule has 17 heavy (non-hydrogen) atoms. The first kappa shape index (κ1) is 13.0. The number of imide groups is 1. The van der Waals surface area contributed by atoms with Gasteiger partial charge in [-0.2, -0.15) is 10.2 Å². The predicted molar refractivity (Wildman–Crippen MR) is 60.9 cm³/mol. The van der Waals surface area contributed by atoms with Gasteiger partial charge < -0.3 is 10.6 Å². The van der Waals surface area contributed by atoms with Crippen LogP contribution >= 0.6 is 0 Å². The molecular weight excluding hydrogens is 222 g/mol. The maximum atomic E-state index is 11.5. The highest BCUT2D eigenvalue weighted by Gasteiger charge is 2.14. The van der Waals surface area contributed by atoms with Gasteiger partial charge in [0.25, 0.3) is 0 Å². The first-order valence-corrected chi connectivity index (χ1v) is 5.16. The Kier molecular flexibility index (Phi) is 5.02. The monoisotopic (exact) mass is 237 g/mol. The summed E-state index contributed by atoms with van der Waals surface area (Å²) in [7, 11) is 1.44. The minimum absolute atomic E-state index is 0.395. The van der Waals surface area contributed by atoms with Crippen molar-refractivity contribution in [3.63, 3.8) is 0 Å². The summed E-state index contributed by atoms with van der Waals surface area (Å²) in [6, 6.07) is 2.54. The lowest BCUT2D eigenvalue weighted by molar-refractivity contribution is -0.121. The van der Waals surface area contributed by atoms with Gasteiger partial charge in [0, 0.05) is 19.8 Å². The SMILES string of the molecule is CNC(=O)NC(=O)C(C)NCc1cccnn1. The molecule has 0 fully saturated rings. The first-order chi connectivity index (χ1) is 8.13. The van der Waals surface area contributed by atoms with Gasteiger partial charge in [0.05, 0.1) is 11.7 Å². The Balaban J connectivity index is 2.37. The van der Waals surface area contributed by atoms with E-state index in [4.69, 9.17) is 0 Å². The summed E-state index contributed by atoms with van der Waals surface area (Å²) in [6.45, 7) is 2.07. The van der Waals surface area contributed by atoms with E-state index in [1.54, 1.807) is 25.3 Å². The number of nitrogens with one attached hydrogen (secondary N) is 3. The summed E-state index contributed by atoms with van der Waals surface area (Å²) in [4.78, 5) is 22.4. The Hall–Kier alpha value is -2.02. The van der Waals surface area contributed by atoms with Crippen LogP contribution in [0.2, 0.25) is 0 Å². The number of aromatic nitrogens is 2. The van der Waals surface area contributed by atoms with Gasteiger partial charge in [-0.3, -0.25) is 10.1 Å². The second-order valence-electron chi connectivity index (χ2n) is 3.39. The van der Waals surface area contributed by atoms with Crippen LogP contribution in [0.3, 0.4) is 0 Å². The Morgan fingerprint density at radius 1 is 1.47 bits per heavy atom. The van der Waals surface area contributed by atoms with Crippen molar-refractivity contribution in [3.05, 3.63) is 24.0 Å². The van der Waals surface area contributed by atoms with Crippen molar-refractivity contribution in [2.75, 3.05) is 7.05 Å². The number of carbonyl (C=O) groups is 2. The minimum Gasteiger partial charge on any atom is -0.341 e. The number of hydrogen-bond acceptors (Lipinski definition) is 5. The van der Waals surface area contributed by atoms with Gasteiger partial charge in [-0.05, 0) is 19.1 Å². The van der Waals surface area contributed by atoms with Crippen molar-refractivity contribution < 1.29 is 9.59 Å². The van der Waals surface area contributed by atoms with Gasteiger partial charge in [0.2, 0.25) is 5.91 Å². The number of amides is 3. The molecule has 0 spiro atoms. The van der Waals surface area contributed by atoms with E-state index in [1.165, 1.54) is 7.05 Å². The molecule has 0 saturated heterocycles. The van der Waals surface area contributed by atoms with Crippen molar-refractivity contribution in [1.82, 2.24) is 26.1 Å². The Bertz CT molecular complexity index is 382. The lowest BCUT2D eigenvalue weighted by Crippen LogP contribution is -2.47. The lowest BCUT2D eigenvalue weighted by Gasteiger charge is -2.12. The van der Waals surface area contributed by atoms with Crippen molar-refractivity contribution in [3.8, 4) is 0 Å². The van der Waals surface area contributed by atoms with E-state index >= 15 is 0 Å². The smallest absolute Gasteiger partial charge is 0.321 e. The molecule has 92 valence electrons. The number of rotatable bonds is 4. The van der Waals surface area contributed by atoms with Gasteiger partial charge in [0.15, 0.2) is 0 Å². The molecule has 0 aromatic carbocycles. The molecule has 1 atom stereocenters. The predicted octanol–water partition coefficient (Wildman–Crippen LogP) is -0.590. The average molecular weight is 237 g/mol. The van der Waals surface area contributed by atoms with Gasteiger partial charge in [-0.1, -0.05) is 0 Å². The molecule has 1 rings (SSSR count). The van der Waals surface area contributed by atoms with Gasteiger partial charge in [0.1, 0.15) is 0 Å². The summed E-state index contributed by atoms with van der Waals surface area (Å²) in [5.41, 5.74) is 0.729. The van der Waals surface area contributed by atoms with E-state index in [0.717, 1.165) is 5.69 Å². The quantitative estimate of drug-likeness (QED) is 0.650. The third kappa shape index (κ3) is 4.56. The summed E-state index contributed by atoms with van der Waals surface area (Å²) >= 11 is 0. The molecule has 1 unspecified atom stereocenters. The highest BCUT2D eigenvalue weighted by atomic mass is 16.2. The molecule has 0 aliphatic heterocycles. The molecule has 7 heteroatoms. The maximum absolute atomic E-state index is 11.5. The Morgan fingerprint density at radius 2 is 2.24 bits per heavy atom. The van der Waals surface area contributed by atoms with E-state index in [-0.39, 0.29) is 0 Å². The van der Waals surface area contributed by atoms with E-state index < -0.39 is 18.0 Å². The van der Waals surface area contributed by atoms with Gasteiger partial charge >= 0.3 is 6.03 Å². The topological polar surface area (TPSA) is 96.0 Å². The van der Waals surface area contributed by atoms with Crippen LogP contribution in [0.1, 0.15) is 12.6 Å². The second-order valence-corrected chi connectivity index (χ2v) is 3.39. The lowest BCUT2D eigenvalue weighted by atomic mass is 10.3. The van der Waals surface area contributed by atoms with Crippen LogP contribution in [0.4, 0.5) is 4.79 Å². The number of carbonyl (C=O) groups excluding carboxylic acids is 2. The fourth-order valence-electron chi connectivity index (χ4n) is 1.06. The average Bonchev–Trinajstić information content (AvgIpc) is 2.36. The third-order valence-corrected chi connectivity index (χ3v) is 2.07. The molecule has 0 bridgehead atoms. The molecule has 7 nitrogen and oxygen atoms in total. The van der Waals surface area contributed by atoms with Crippen LogP contribution in [0.15, 0.2) is 18.3 Å². The van der Waals surface area contributed by atoms with Crippen molar-refractivity contribution in [2.45, 2.75) is 19.5 Å². The first-order valence-electron chi connectivity index (χ1n) is 5.16. The summed E-state index contributed by atoms with van der Waals surface area (Å²) in [6.07, 6.45) is 1.57. The molecule has 0 radical (unpaired) electrons. The van der Waals surface area contributed by atoms with Crippen LogP contribution in [-0.4, -0.2) is 35.2 Å². The molecule has 1 heterocycles. The Labute approximate surface area is 99.0 Å². The van der Waals surface area contributed by atoms with E-state index in [0.29, 0.717) is 6.54 Å². The highest BCUT2D eigenvalue weighted by molar-refractivity contribution is 5.96.